The number of fused-ring (bicyclic) bond motifs is 3. The van der Waals surface area contributed by atoms with Crippen LogP contribution in [-0.4, -0.2) is 25.7 Å². The lowest BCUT2D eigenvalue weighted by Crippen LogP contribution is -2.18. The summed E-state index contributed by atoms with van der Waals surface area (Å²) in [4.78, 5) is 20.9. The molecule has 1 unspecified atom stereocenters. The number of nitrogens with two attached hydrogens (primary N) is 1. The largest absolute Gasteiger partial charge is 0.364 e. The number of nitrogens with one attached hydrogen (secondary N) is 1. The molecule has 1 aliphatic rings. The maximum absolute atomic E-state index is 11.8. The van der Waals surface area contributed by atoms with Crippen LogP contribution < -0.4 is 11.1 Å². The van der Waals surface area contributed by atoms with Crippen LogP contribution in [0, 0.1) is 0 Å². The Morgan fingerprint density at radius 2 is 2.08 bits per heavy atom. The number of hydrogen-bond donors (Lipinski definition) is 2. The lowest BCUT2D eigenvalue weighted by molar-refractivity contribution is 0.0993. The number of nitrogens with zero attached hydrogens (tertiary/aromatic N) is 4. The molecule has 2 aromatic heterocycles. The second-order valence-electron chi connectivity index (χ2n) is 6.26. The molecule has 0 saturated heterocycles. The molecular weight excluding hydrogens is 316 g/mol. The van der Waals surface area contributed by atoms with Gasteiger partial charge in [-0.25, -0.2) is 9.97 Å². The van der Waals surface area contributed by atoms with Crippen LogP contribution in [0.25, 0.3) is 11.4 Å². The van der Waals surface area contributed by atoms with Crippen LogP contribution in [0.15, 0.2) is 36.5 Å². The Bertz CT molecular complexity index is 963. The molecule has 126 valence electrons. The van der Waals surface area contributed by atoms with Crippen molar-refractivity contribution in [2.45, 2.75) is 19.3 Å². The number of aryl methyl sites for hydroxylation is 1. The van der Waals surface area contributed by atoms with Gasteiger partial charge in [0.05, 0.1) is 11.4 Å². The summed E-state index contributed by atoms with van der Waals surface area (Å²) in [6, 6.07) is 9.74. The maximum Gasteiger partial charge on any atom is 0.269 e. The maximum atomic E-state index is 11.8. The molecule has 3 N–H and O–H groups in total. The molecule has 0 fully saturated rings. The average molecular weight is 334 g/mol. The Morgan fingerprint density at radius 1 is 1.32 bits per heavy atom. The van der Waals surface area contributed by atoms with Crippen molar-refractivity contribution < 1.29 is 4.79 Å². The van der Waals surface area contributed by atoms with Crippen molar-refractivity contribution in [1.29, 1.82) is 0 Å². The van der Waals surface area contributed by atoms with Crippen LogP contribution in [0.2, 0.25) is 0 Å². The molecule has 2 heterocycles. The van der Waals surface area contributed by atoms with E-state index in [1.807, 2.05) is 36.5 Å². The van der Waals surface area contributed by atoms with Crippen molar-refractivity contribution in [2.24, 2.45) is 12.8 Å². The van der Waals surface area contributed by atoms with Gasteiger partial charge >= 0.3 is 0 Å². The highest BCUT2D eigenvalue weighted by Gasteiger charge is 2.32. The number of anilines is 2. The van der Waals surface area contributed by atoms with Crippen LogP contribution in [0.4, 0.5) is 11.6 Å². The molecular formula is C18H18N6O. The smallest absolute Gasteiger partial charge is 0.269 e. The van der Waals surface area contributed by atoms with E-state index in [0.717, 1.165) is 34.6 Å². The Morgan fingerprint density at radius 3 is 2.80 bits per heavy atom. The lowest BCUT2D eigenvalue weighted by atomic mass is 9.85. The van der Waals surface area contributed by atoms with E-state index >= 15 is 0 Å². The SMILES string of the molecule is CC1Cc2cnc(Nc3ccccc3)nc2-c2c1c(C(N)=O)nn2C. The predicted octanol–water partition coefficient (Wildman–Crippen LogP) is 2.38. The van der Waals surface area contributed by atoms with E-state index in [2.05, 4.69) is 27.3 Å². The summed E-state index contributed by atoms with van der Waals surface area (Å²) < 4.78 is 1.68. The quantitative estimate of drug-likeness (QED) is 0.766. The molecule has 0 spiro atoms. The Balaban J connectivity index is 1.82. The molecule has 0 bridgehead atoms. The first kappa shape index (κ1) is 15.3. The third kappa shape index (κ3) is 2.53. The summed E-state index contributed by atoms with van der Waals surface area (Å²) in [7, 11) is 1.81. The topological polar surface area (TPSA) is 98.7 Å². The summed E-state index contributed by atoms with van der Waals surface area (Å²) in [6.07, 6.45) is 2.59. The predicted molar refractivity (Wildman–Crippen MR) is 94.6 cm³/mol. The first-order valence-corrected chi connectivity index (χ1v) is 8.09. The van der Waals surface area contributed by atoms with Crippen molar-refractivity contribution in [1.82, 2.24) is 19.7 Å². The monoisotopic (exact) mass is 334 g/mol. The van der Waals surface area contributed by atoms with E-state index in [4.69, 9.17) is 5.73 Å². The Labute approximate surface area is 144 Å². The van der Waals surface area contributed by atoms with Gasteiger partial charge in [0.15, 0.2) is 5.69 Å². The fourth-order valence-electron chi connectivity index (χ4n) is 3.37. The summed E-state index contributed by atoms with van der Waals surface area (Å²) in [5, 5.41) is 7.52. The summed E-state index contributed by atoms with van der Waals surface area (Å²) in [5.41, 5.74) is 10.3. The molecule has 7 heteroatoms. The normalized spacial score (nSPS) is 15.4. The van der Waals surface area contributed by atoms with E-state index in [-0.39, 0.29) is 5.92 Å². The lowest BCUT2D eigenvalue weighted by Gasteiger charge is -2.22. The van der Waals surface area contributed by atoms with E-state index in [9.17, 15) is 4.79 Å². The van der Waals surface area contributed by atoms with E-state index < -0.39 is 5.91 Å². The zero-order valence-corrected chi connectivity index (χ0v) is 14.0. The van der Waals surface area contributed by atoms with E-state index in [1.165, 1.54) is 0 Å². The van der Waals surface area contributed by atoms with Crippen LogP contribution in [0.1, 0.15) is 34.5 Å². The van der Waals surface area contributed by atoms with Crippen molar-refractivity contribution >= 4 is 17.5 Å². The number of rotatable bonds is 3. The van der Waals surface area contributed by atoms with Crippen molar-refractivity contribution in [3.63, 3.8) is 0 Å². The van der Waals surface area contributed by atoms with Crippen LogP contribution >= 0.6 is 0 Å². The number of aromatic nitrogens is 4. The number of amides is 1. The zero-order valence-electron chi connectivity index (χ0n) is 14.0. The average Bonchev–Trinajstić information content (AvgIpc) is 2.95. The molecule has 0 aliphatic heterocycles. The highest BCUT2D eigenvalue weighted by atomic mass is 16.1. The third-order valence-corrected chi connectivity index (χ3v) is 4.45. The van der Waals surface area contributed by atoms with Crippen molar-refractivity contribution in [2.75, 3.05) is 5.32 Å². The molecule has 1 aromatic carbocycles. The van der Waals surface area contributed by atoms with Gasteiger partial charge in [-0.15, -0.1) is 0 Å². The van der Waals surface area contributed by atoms with Crippen LogP contribution in [0.5, 0.6) is 0 Å². The van der Waals surface area contributed by atoms with Gasteiger partial charge in [0.2, 0.25) is 5.95 Å². The van der Waals surface area contributed by atoms with Gasteiger partial charge < -0.3 is 11.1 Å². The number of hydrogen-bond acceptors (Lipinski definition) is 5. The van der Waals surface area contributed by atoms with Gasteiger partial charge in [0, 0.05) is 24.5 Å². The van der Waals surface area contributed by atoms with Gasteiger partial charge in [-0.05, 0) is 30.0 Å². The van der Waals surface area contributed by atoms with Gasteiger partial charge in [0.25, 0.3) is 5.91 Å². The van der Waals surface area contributed by atoms with Crippen molar-refractivity contribution in [3.8, 4) is 11.4 Å². The summed E-state index contributed by atoms with van der Waals surface area (Å²) in [6.45, 7) is 2.06. The van der Waals surface area contributed by atoms with Crippen LogP contribution in [-0.2, 0) is 13.5 Å². The molecule has 0 saturated carbocycles. The number of benzene rings is 1. The van der Waals surface area contributed by atoms with Gasteiger partial charge in [-0.2, -0.15) is 5.10 Å². The van der Waals surface area contributed by atoms with Gasteiger partial charge in [0.1, 0.15) is 0 Å². The minimum atomic E-state index is -0.510. The number of primary amides is 1. The number of para-hydroxylation sites is 1. The summed E-state index contributed by atoms with van der Waals surface area (Å²) >= 11 is 0. The third-order valence-electron chi connectivity index (χ3n) is 4.45. The van der Waals surface area contributed by atoms with Crippen LogP contribution in [0.3, 0.4) is 0 Å². The number of carbonyl (C=O) groups is 1. The minimum absolute atomic E-state index is 0.134. The standard InChI is InChI=1S/C18H18N6O/c1-10-8-11-9-20-18(21-12-6-4-3-5-7-12)22-14(11)16-13(10)15(17(19)25)23-24(16)2/h3-7,9-10H,8H2,1-2H3,(H2,19,25)(H,20,21,22). The van der Waals surface area contributed by atoms with Crippen molar-refractivity contribution in [3.05, 3.63) is 53.3 Å². The Kier molecular flexibility index (Phi) is 3.49. The second-order valence-corrected chi connectivity index (χ2v) is 6.26. The molecule has 1 atom stereocenters. The highest BCUT2D eigenvalue weighted by molar-refractivity contribution is 5.95. The molecule has 3 aromatic rings. The van der Waals surface area contributed by atoms with E-state index in [1.54, 1.807) is 11.7 Å². The molecule has 0 radical (unpaired) electrons. The highest BCUT2D eigenvalue weighted by Crippen LogP contribution is 2.40. The zero-order chi connectivity index (χ0) is 17.6. The fourth-order valence-corrected chi connectivity index (χ4v) is 3.37. The summed E-state index contributed by atoms with van der Waals surface area (Å²) in [5.74, 6) is 0.131. The molecule has 1 aliphatic carbocycles. The molecule has 7 nitrogen and oxygen atoms in total. The van der Waals surface area contributed by atoms with Gasteiger partial charge in [-0.1, -0.05) is 25.1 Å². The fraction of sp³-hybridized carbons (Fsp3) is 0.222. The minimum Gasteiger partial charge on any atom is -0.364 e. The molecule has 1 amide bonds. The Hall–Kier alpha value is -3.22. The molecule has 25 heavy (non-hydrogen) atoms. The number of carbonyl (C=O) groups excluding carboxylic acids is 1. The first-order valence-electron chi connectivity index (χ1n) is 8.09. The first-order chi connectivity index (χ1) is 12.0. The van der Waals surface area contributed by atoms with E-state index in [0.29, 0.717) is 11.6 Å². The molecule has 4 rings (SSSR count). The second kappa shape index (κ2) is 5.70. The van der Waals surface area contributed by atoms with Gasteiger partial charge in [-0.3, -0.25) is 9.48 Å².